The number of halogens is 1. The third-order valence-corrected chi connectivity index (χ3v) is 4.94. The standard InChI is InChI=1S/C19H22ClN7/c1-19(2,3)27-18-13(17(21)23-9-24-18)15(26-27)16-14(20)11-6-5-10(8-22-4)7-12(11)25-16/h5-7,9,22,25H,8H2,1-4H3,(H2,21,23,24). The molecule has 4 N–H and O–H groups in total. The minimum absolute atomic E-state index is 0.268. The van der Waals surface area contributed by atoms with Gasteiger partial charge >= 0.3 is 0 Å². The first-order valence-corrected chi connectivity index (χ1v) is 9.14. The first-order chi connectivity index (χ1) is 12.8. The average molecular weight is 384 g/mol. The Morgan fingerprint density at radius 1 is 1.26 bits per heavy atom. The summed E-state index contributed by atoms with van der Waals surface area (Å²) in [7, 11) is 1.92. The Labute approximate surface area is 161 Å². The molecule has 0 unspecified atom stereocenters. The summed E-state index contributed by atoms with van der Waals surface area (Å²) in [5.41, 5.74) is 10.1. The zero-order chi connectivity index (χ0) is 19.3. The molecule has 0 atom stereocenters. The Balaban J connectivity index is 2.01. The summed E-state index contributed by atoms with van der Waals surface area (Å²) in [6, 6.07) is 6.17. The molecule has 3 heterocycles. The zero-order valence-corrected chi connectivity index (χ0v) is 16.5. The summed E-state index contributed by atoms with van der Waals surface area (Å²) in [5, 5.41) is 10.2. The van der Waals surface area contributed by atoms with Crippen LogP contribution in [0.2, 0.25) is 5.02 Å². The molecule has 0 spiro atoms. The van der Waals surface area contributed by atoms with Gasteiger partial charge in [-0.05, 0) is 39.4 Å². The maximum absolute atomic E-state index is 6.72. The SMILES string of the molecule is CNCc1ccc2c(Cl)c(-c3nn(C(C)(C)C)c4ncnc(N)c34)[nH]c2c1. The van der Waals surface area contributed by atoms with E-state index in [1.54, 1.807) is 0 Å². The fraction of sp³-hybridized carbons (Fsp3) is 0.316. The number of nitrogens with zero attached hydrogens (tertiary/aromatic N) is 4. The first-order valence-electron chi connectivity index (χ1n) is 8.76. The molecular weight excluding hydrogens is 362 g/mol. The third-order valence-electron chi connectivity index (χ3n) is 4.55. The fourth-order valence-electron chi connectivity index (χ4n) is 3.30. The van der Waals surface area contributed by atoms with Gasteiger partial charge in [0.05, 0.1) is 21.6 Å². The minimum Gasteiger partial charge on any atom is -0.383 e. The lowest BCUT2D eigenvalue weighted by molar-refractivity contribution is 0.366. The molecule has 0 radical (unpaired) electrons. The van der Waals surface area contributed by atoms with Crippen LogP contribution in [-0.2, 0) is 12.1 Å². The van der Waals surface area contributed by atoms with Crippen molar-refractivity contribution in [1.82, 2.24) is 30.0 Å². The van der Waals surface area contributed by atoms with Crippen LogP contribution in [0.1, 0.15) is 26.3 Å². The van der Waals surface area contributed by atoms with Gasteiger partial charge in [0.1, 0.15) is 17.8 Å². The smallest absolute Gasteiger partial charge is 0.164 e. The largest absolute Gasteiger partial charge is 0.383 e. The molecular formula is C19H22ClN7. The molecule has 7 nitrogen and oxygen atoms in total. The van der Waals surface area contributed by atoms with E-state index in [0.29, 0.717) is 27.6 Å². The summed E-state index contributed by atoms with van der Waals surface area (Å²) in [5.74, 6) is 0.385. The van der Waals surface area contributed by atoms with Crippen LogP contribution in [0, 0.1) is 0 Å². The van der Waals surface area contributed by atoms with Crippen molar-refractivity contribution in [1.29, 1.82) is 0 Å². The number of nitrogens with one attached hydrogen (secondary N) is 2. The number of fused-ring (bicyclic) bond motifs is 2. The van der Waals surface area contributed by atoms with E-state index in [9.17, 15) is 0 Å². The van der Waals surface area contributed by atoms with Gasteiger partial charge in [0, 0.05) is 17.4 Å². The van der Waals surface area contributed by atoms with Crippen molar-refractivity contribution < 1.29 is 0 Å². The predicted octanol–water partition coefficient (Wildman–Crippen LogP) is 3.68. The summed E-state index contributed by atoms with van der Waals surface area (Å²) in [6.07, 6.45) is 1.46. The van der Waals surface area contributed by atoms with Gasteiger partial charge in [-0.25, -0.2) is 14.6 Å². The molecule has 0 saturated carbocycles. The van der Waals surface area contributed by atoms with Gasteiger partial charge in [-0.15, -0.1) is 0 Å². The van der Waals surface area contributed by atoms with Crippen LogP contribution in [0.3, 0.4) is 0 Å². The van der Waals surface area contributed by atoms with Gasteiger partial charge in [0.15, 0.2) is 5.65 Å². The highest BCUT2D eigenvalue weighted by atomic mass is 35.5. The maximum atomic E-state index is 6.72. The van der Waals surface area contributed by atoms with Crippen molar-refractivity contribution >= 4 is 39.4 Å². The summed E-state index contributed by atoms with van der Waals surface area (Å²) < 4.78 is 1.87. The molecule has 0 amide bonds. The molecule has 3 aromatic heterocycles. The molecule has 0 bridgehead atoms. The number of nitrogen functional groups attached to an aromatic ring is 1. The lowest BCUT2D eigenvalue weighted by Gasteiger charge is -2.19. The summed E-state index contributed by atoms with van der Waals surface area (Å²) in [4.78, 5) is 12.0. The lowest BCUT2D eigenvalue weighted by Crippen LogP contribution is -2.23. The van der Waals surface area contributed by atoms with Crippen LogP contribution in [0.25, 0.3) is 33.3 Å². The van der Waals surface area contributed by atoms with Gasteiger partial charge in [0.2, 0.25) is 0 Å². The van der Waals surface area contributed by atoms with Crippen molar-refractivity contribution in [3.63, 3.8) is 0 Å². The number of benzene rings is 1. The van der Waals surface area contributed by atoms with Crippen LogP contribution in [0.4, 0.5) is 5.82 Å². The molecule has 27 heavy (non-hydrogen) atoms. The number of rotatable bonds is 3. The molecule has 140 valence electrons. The van der Waals surface area contributed by atoms with E-state index >= 15 is 0 Å². The van der Waals surface area contributed by atoms with Gasteiger partial charge in [-0.3, -0.25) is 0 Å². The zero-order valence-electron chi connectivity index (χ0n) is 15.8. The minimum atomic E-state index is -0.268. The second-order valence-corrected chi connectivity index (χ2v) is 7.99. The lowest BCUT2D eigenvalue weighted by atomic mass is 10.1. The highest BCUT2D eigenvalue weighted by Crippen LogP contribution is 2.39. The van der Waals surface area contributed by atoms with Crippen molar-refractivity contribution in [2.45, 2.75) is 32.9 Å². The van der Waals surface area contributed by atoms with Crippen LogP contribution in [0.15, 0.2) is 24.5 Å². The fourth-order valence-corrected chi connectivity index (χ4v) is 3.61. The Kier molecular flexibility index (Phi) is 4.09. The quantitative estimate of drug-likeness (QED) is 0.501. The Bertz CT molecular complexity index is 1150. The molecule has 0 aliphatic carbocycles. The number of nitrogens with two attached hydrogens (primary N) is 1. The molecule has 0 fully saturated rings. The average Bonchev–Trinajstić information content (AvgIpc) is 3.14. The molecule has 1 aromatic carbocycles. The van der Waals surface area contributed by atoms with E-state index in [0.717, 1.165) is 23.1 Å². The van der Waals surface area contributed by atoms with Crippen molar-refractivity contribution in [3.05, 3.63) is 35.1 Å². The van der Waals surface area contributed by atoms with E-state index < -0.39 is 0 Å². The highest BCUT2D eigenvalue weighted by molar-refractivity contribution is 6.38. The molecule has 0 aliphatic heterocycles. The number of aromatic nitrogens is 5. The number of aromatic amines is 1. The summed E-state index contributed by atoms with van der Waals surface area (Å²) >= 11 is 6.72. The van der Waals surface area contributed by atoms with E-state index in [1.165, 1.54) is 11.9 Å². The van der Waals surface area contributed by atoms with E-state index in [2.05, 4.69) is 53.2 Å². The topological polar surface area (TPSA) is 97.4 Å². The molecule has 0 saturated heterocycles. The monoisotopic (exact) mass is 383 g/mol. The Morgan fingerprint density at radius 2 is 2.04 bits per heavy atom. The van der Waals surface area contributed by atoms with Gasteiger partial charge in [0.25, 0.3) is 0 Å². The van der Waals surface area contributed by atoms with Gasteiger partial charge < -0.3 is 16.0 Å². The van der Waals surface area contributed by atoms with Gasteiger partial charge in [-0.2, -0.15) is 5.10 Å². The van der Waals surface area contributed by atoms with Crippen LogP contribution >= 0.6 is 11.6 Å². The third kappa shape index (κ3) is 2.83. The molecule has 4 aromatic rings. The number of hydrogen-bond acceptors (Lipinski definition) is 5. The molecule has 4 rings (SSSR count). The van der Waals surface area contributed by atoms with E-state index in [4.69, 9.17) is 22.4 Å². The van der Waals surface area contributed by atoms with Crippen molar-refractivity contribution in [2.75, 3.05) is 12.8 Å². The van der Waals surface area contributed by atoms with Gasteiger partial charge in [-0.1, -0.05) is 23.7 Å². The van der Waals surface area contributed by atoms with Crippen molar-refractivity contribution in [2.24, 2.45) is 0 Å². The summed E-state index contributed by atoms with van der Waals surface area (Å²) in [6.45, 7) is 6.99. The normalized spacial score (nSPS) is 12.3. The number of anilines is 1. The van der Waals surface area contributed by atoms with Crippen LogP contribution in [-0.4, -0.2) is 31.8 Å². The maximum Gasteiger partial charge on any atom is 0.164 e. The predicted molar refractivity (Wildman–Crippen MR) is 110 cm³/mol. The van der Waals surface area contributed by atoms with E-state index in [-0.39, 0.29) is 5.54 Å². The number of H-pyrrole nitrogens is 1. The van der Waals surface area contributed by atoms with Crippen LogP contribution in [0.5, 0.6) is 0 Å². The second-order valence-electron chi connectivity index (χ2n) is 7.61. The highest BCUT2D eigenvalue weighted by Gasteiger charge is 2.26. The number of hydrogen-bond donors (Lipinski definition) is 3. The molecule has 0 aliphatic rings. The Morgan fingerprint density at radius 3 is 2.74 bits per heavy atom. The van der Waals surface area contributed by atoms with E-state index in [1.807, 2.05) is 17.8 Å². The van der Waals surface area contributed by atoms with Crippen molar-refractivity contribution in [3.8, 4) is 11.4 Å². The van der Waals surface area contributed by atoms with Crippen LogP contribution < -0.4 is 11.1 Å². The first kappa shape index (κ1) is 17.8. The molecule has 8 heteroatoms. The second kappa shape index (κ2) is 6.21. The Hall–Kier alpha value is -2.64.